The van der Waals surface area contributed by atoms with Crippen molar-refractivity contribution in [2.75, 3.05) is 7.11 Å². The fourth-order valence-electron chi connectivity index (χ4n) is 1.31. The van der Waals surface area contributed by atoms with E-state index in [0.717, 1.165) is 5.39 Å². The standard InChI is InChI=1S/C10H6BrClO3/c1-14-10(13)6-2-5-4-8(12)15-9(5)7(11)3-6/h2-4H,1H3. The molecule has 3 nitrogen and oxygen atoms in total. The molecule has 1 aromatic heterocycles. The van der Waals surface area contributed by atoms with Gasteiger partial charge in [-0.05, 0) is 39.7 Å². The summed E-state index contributed by atoms with van der Waals surface area (Å²) in [7, 11) is 1.34. The summed E-state index contributed by atoms with van der Waals surface area (Å²) < 4.78 is 10.5. The number of esters is 1. The Bertz CT molecular complexity index is 533. The van der Waals surface area contributed by atoms with Crippen LogP contribution in [0, 0.1) is 0 Å². The molecule has 2 rings (SSSR count). The maximum absolute atomic E-state index is 11.3. The van der Waals surface area contributed by atoms with Gasteiger partial charge in [0, 0.05) is 11.5 Å². The predicted molar refractivity (Wildman–Crippen MR) is 60.3 cm³/mol. The summed E-state index contributed by atoms with van der Waals surface area (Å²) >= 11 is 9.02. The van der Waals surface area contributed by atoms with Crippen LogP contribution in [0.15, 0.2) is 27.1 Å². The molecule has 78 valence electrons. The molecule has 0 atom stereocenters. The van der Waals surface area contributed by atoms with Crippen molar-refractivity contribution >= 4 is 44.5 Å². The van der Waals surface area contributed by atoms with E-state index in [0.29, 0.717) is 15.6 Å². The summed E-state index contributed by atoms with van der Waals surface area (Å²) in [4.78, 5) is 11.3. The molecular formula is C10H6BrClO3. The lowest BCUT2D eigenvalue weighted by atomic mass is 10.2. The first kappa shape index (κ1) is 10.5. The summed E-state index contributed by atoms with van der Waals surface area (Å²) in [6.45, 7) is 0. The molecular weight excluding hydrogens is 283 g/mol. The minimum absolute atomic E-state index is 0.285. The third-order valence-electron chi connectivity index (χ3n) is 1.96. The molecule has 0 saturated heterocycles. The Kier molecular flexibility index (Phi) is 2.71. The second-order valence-corrected chi connectivity index (χ2v) is 4.15. The Morgan fingerprint density at radius 2 is 2.20 bits per heavy atom. The van der Waals surface area contributed by atoms with Crippen LogP contribution in [0.4, 0.5) is 0 Å². The van der Waals surface area contributed by atoms with Crippen molar-refractivity contribution in [1.82, 2.24) is 0 Å². The Balaban J connectivity index is 2.66. The topological polar surface area (TPSA) is 39.4 Å². The highest BCUT2D eigenvalue weighted by molar-refractivity contribution is 9.10. The zero-order chi connectivity index (χ0) is 11.0. The van der Waals surface area contributed by atoms with Gasteiger partial charge in [0.05, 0.1) is 17.1 Å². The lowest BCUT2D eigenvalue weighted by Gasteiger charge is -2.00. The molecule has 15 heavy (non-hydrogen) atoms. The third kappa shape index (κ3) is 1.87. The zero-order valence-electron chi connectivity index (χ0n) is 7.71. The SMILES string of the molecule is COC(=O)c1cc(Br)c2oc(Cl)cc2c1. The highest BCUT2D eigenvalue weighted by Gasteiger charge is 2.12. The van der Waals surface area contributed by atoms with Crippen molar-refractivity contribution in [2.24, 2.45) is 0 Å². The largest absolute Gasteiger partial charge is 0.465 e. The monoisotopic (exact) mass is 288 g/mol. The molecule has 2 aromatic rings. The van der Waals surface area contributed by atoms with E-state index < -0.39 is 5.97 Å². The molecule has 0 N–H and O–H groups in total. The normalized spacial score (nSPS) is 10.6. The third-order valence-corrected chi connectivity index (χ3v) is 2.74. The Morgan fingerprint density at radius 3 is 2.87 bits per heavy atom. The Morgan fingerprint density at radius 1 is 1.47 bits per heavy atom. The van der Waals surface area contributed by atoms with E-state index in [1.807, 2.05) is 0 Å². The fourth-order valence-corrected chi connectivity index (χ4v) is 2.07. The minimum atomic E-state index is -0.394. The number of hydrogen-bond donors (Lipinski definition) is 0. The maximum Gasteiger partial charge on any atom is 0.337 e. The lowest BCUT2D eigenvalue weighted by Crippen LogP contribution is -2.00. The second-order valence-electron chi connectivity index (χ2n) is 2.92. The average molecular weight is 290 g/mol. The number of furan rings is 1. The van der Waals surface area contributed by atoms with E-state index in [2.05, 4.69) is 20.7 Å². The van der Waals surface area contributed by atoms with E-state index in [4.69, 9.17) is 16.0 Å². The van der Waals surface area contributed by atoms with E-state index in [9.17, 15) is 4.79 Å². The van der Waals surface area contributed by atoms with Crippen LogP contribution in [0.5, 0.6) is 0 Å². The molecule has 0 unspecified atom stereocenters. The predicted octanol–water partition coefficient (Wildman–Crippen LogP) is 3.64. The Labute approximate surface area is 99.1 Å². The van der Waals surface area contributed by atoms with Crippen LogP contribution in [0.25, 0.3) is 11.0 Å². The molecule has 0 aliphatic heterocycles. The zero-order valence-corrected chi connectivity index (χ0v) is 10.1. The van der Waals surface area contributed by atoms with Gasteiger partial charge in [0.1, 0.15) is 5.58 Å². The van der Waals surface area contributed by atoms with Crippen LogP contribution in [-0.2, 0) is 4.74 Å². The summed E-state index contributed by atoms with van der Waals surface area (Å²) in [6.07, 6.45) is 0. The number of carbonyl (C=O) groups is 1. The molecule has 1 aromatic carbocycles. The van der Waals surface area contributed by atoms with E-state index in [1.54, 1.807) is 18.2 Å². The van der Waals surface area contributed by atoms with E-state index in [-0.39, 0.29) is 5.22 Å². The first-order valence-corrected chi connectivity index (χ1v) is 5.26. The number of benzene rings is 1. The van der Waals surface area contributed by atoms with Gasteiger partial charge in [-0.3, -0.25) is 0 Å². The van der Waals surface area contributed by atoms with Gasteiger partial charge in [-0.1, -0.05) is 0 Å². The number of fused-ring (bicyclic) bond motifs is 1. The van der Waals surface area contributed by atoms with Crippen LogP contribution < -0.4 is 0 Å². The smallest absolute Gasteiger partial charge is 0.337 e. The molecule has 0 bridgehead atoms. The molecule has 0 spiro atoms. The molecule has 1 heterocycles. The number of hydrogen-bond acceptors (Lipinski definition) is 3. The molecule has 0 saturated carbocycles. The first-order chi connectivity index (χ1) is 7.11. The van der Waals surface area contributed by atoms with Gasteiger partial charge < -0.3 is 9.15 Å². The van der Waals surface area contributed by atoms with Crippen LogP contribution in [0.2, 0.25) is 5.22 Å². The average Bonchev–Trinajstić information content (AvgIpc) is 2.58. The molecule has 0 fully saturated rings. The summed E-state index contributed by atoms with van der Waals surface area (Å²) in [5, 5.41) is 1.04. The van der Waals surface area contributed by atoms with Gasteiger partial charge in [0.2, 0.25) is 0 Å². The molecule has 0 aliphatic rings. The number of carbonyl (C=O) groups excluding carboxylic acids is 1. The van der Waals surface area contributed by atoms with Gasteiger partial charge in [0.25, 0.3) is 0 Å². The lowest BCUT2D eigenvalue weighted by molar-refractivity contribution is 0.0601. The van der Waals surface area contributed by atoms with Gasteiger partial charge in [-0.15, -0.1) is 0 Å². The minimum Gasteiger partial charge on any atom is -0.465 e. The van der Waals surface area contributed by atoms with Crippen molar-refractivity contribution < 1.29 is 13.9 Å². The van der Waals surface area contributed by atoms with Crippen LogP contribution in [-0.4, -0.2) is 13.1 Å². The van der Waals surface area contributed by atoms with Gasteiger partial charge in [-0.25, -0.2) is 4.79 Å². The maximum atomic E-state index is 11.3. The number of methoxy groups -OCH3 is 1. The van der Waals surface area contributed by atoms with Gasteiger partial charge in [0.15, 0.2) is 5.22 Å². The van der Waals surface area contributed by atoms with Crippen molar-refractivity contribution in [3.8, 4) is 0 Å². The summed E-state index contributed by atoms with van der Waals surface area (Å²) in [5.74, 6) is -0.394. The van der Waals surface area contributed by atoms with Gasteiger partial charge >= 0.3 is 5.97 Å². The summed E-state index contributed by atoms with van der Waals surface area (Å²) in [5.41, 5.74) is 1.07. The van der Waals surface area contributed by atoms with Crippen molar-refractivity contribution in [2.45, 2.75) is 0 Å². The van der Waals surface area contributed by atoms with Crippen molar-refractivity contribution in [1.29, 1.82) is 0 Å². The molecule has 0 amide bonds. The Hall–Kier alpha value is -1.00. The molecule has 0 aliphatic carbocycles. The van der Waals surface area contributed by atoms with E-state index in [1.165, 1.54) is 7.11 Å². The molecule has 0 radical (unpaired) electrons. The van der Waals surface area contributed by atoms with Crippen LogP contribution in [0.1, 0.15) is 10.4 Å². The fraction of sp³-hybridized carbons (Fsp3) is 0.100. The van der Waals surface area contributed by atoms with Crippen LogP contribution in [0.3, 0.4) is 0 Å². The van der Waals surface area contributed by atoms with Gasteiger partial charge in [-0.2, -0.15) is 0 Å². The second kappa shape index (κ2) is 3.87. The molecule has 5 heteroatoms. The first-order valence-electron chi connectivity index (χ1n) is 4.08. The van der Waals surface area contributed by atoms with Crippen LogP contribution >= 0.6 is 27.5 Å². The number of rotatable bonds is 1. The highest BCUT2D eigenvalue weighted by Crippen LogP contribution is 2.30. The van der Waals surface area contributed by atoms with Crippen molar-refractivity contribution in [3.63, 3.8) is 0 Å². The number of halogens is 2. The highest BCUT2D eigenvalue weighted by atomic mass is 79.9. The van der Waals surface area contributed by atoms with E-state index >= 15 is 0 Å². The quantitative estimate of drug-likeness (QED) is 0.753. The summed E-state index contributed by atoms with van der Waals surface area (Å²) in [6, 6.07) is 4.95. The number of ether oxygens (including phenoxy) is 1. The van der Waals surface area contributed by atoms with Crippen molar-refractivity contribution in [3.05, 3.63) is 33.5 Å².